The van der Waals surface area contributed by atoms with Crippen LogP contribution in [0.3, 0.4) is 0 Å². The molecule has 1 unspecified atom stereocenters. The van der Waals surface area contributed by atoms with Gasteiger partial charge in [-0.1, -0.05) is 29.8 Å². The molecule has 1 atom stereocenters. The van der Waals surface area contributed by atoms with E-state index in [4.69, 9.17) is 5.26 Å². The number of benzene rings is 1. The van der Waals surface area contributed by atoms with E-state index in [1.807, 2.05) is 37.3 Å². The van der Waals surface area contributed by atoms with Crippen LogP contribution >= 0.6 is 11.3 Å². The number of hydrogen-bond acceptors (Lipinski definition) is 4. The number of anilines is 1. The second-order valence-electron chi connectivity index (χ2n) is 4.20. The number of aromatic nitrogens is 1. The number of nitriles is 1. The van der Waals surface area contributed by atoms with E-state index in [1.54, 1.807) is 11.6 Å². The van der Waals surface area contributed by atoms with Crippen molar-refractivity contribution in [1.29, 1.82) is 5.26 Å². The van der Waals surface area contributed by atoms with Crippen LogP contribution in [-0.4, -0.2) is 10.9 Å². The van der Waals surface area contributed by atoms with Crippen LogP contribution in [0.25, 0.3) is 0 Å². The number of thiazole rings is 1. The number of hydrogen-bond donors (Lipinski definition) is 1. The van der Waals surface area contributed by atoms with E-state index >= 15 is 0 Å². The Balaban J connectivity index is 2.02. The molecule has 2 rings (SSSR count). The number of rotatable bonds is 4. The predicted molar refractivity (Wildman–Crippen MR) is 74.7 cm³/mol. The third-order valence-corrected chi connectivity index (χ3v) is 3.38. The Kier molecular flexibility index (Phi) is 4.26. The highest BCUT2D eigenvalue weighted by Gasteiger charge is 2.19. The highest BCUT2D eigenvalue weighted by Crippen LogP contribution is 2.15. The molecule has 19 heavy (non-hydrogen) atoms. The summed E-state index contributed by atoms with van der Waals surface area (Å²) in [5.41, 5.74) is 2.14. The van der Waals surface area contributed by atoms with Crippen LogP contribution in [0.15, 0.2) is 35.8 Å². The molecule has 1 N–H and O–H groups in total. The van der Waals surface area contributed by atoms with Gasteiger partial charge in [-0.15, -0.1) is 11.3 Å². The lowest BCUT2D eigenvalue weighted by Crippen LogP contribution is -2.23. The molecule has 5 heteroatoms. The average Bonchev–Trinajstić information content (AvgIpc) is 2.90. The van der Waals surface area contributed by atoms with Gasteiger partial charge in [-0.3, -0.25) is 4.79 Å². The van der Waals surface area contributed by atoms with Gasteiger partial charge in [0.25, 0.3) is 0 Å². The normalized spacial score (nSPS) is 11.6. The van der Waals surface area contributed by atoms with Crippen molar-refractivity contribution in [2.45, 2.75) is 13.3 Å². The fourth-order valence-electron chi connectivity index (χ4n) is 1.63. The molecule has 1 aromatic heterocycles. The Hall–Kier alpha value is -2.19. The van der Waals surface area contributed by atoms with Gasteiger partial charge in [0, 0.05) is 11.6 Å². The summed E-state index contributed by atoms with van der Waals surface area (Å²) in [5, 5.41) is 14.1. The average molecular weight is 271 g/mol. The molecular formula is C14H13N3OS. The second kappa shape index (κ2) is 6.12. The van der Waals surface area contributed by atoms with Crippen LogP contribution in [0.4, 0.5) is 5.13 Å². The summed E-state index contributed by atoms with van der Waals surface area (Å²) in [6, 6.07) is 9.87. The first kappa shape index (κ1) is 13.2. The van der Waals surface area contributed by atoms with Crippen molar-refractivity contribution in [3.8, 4) is 6.07 Å². The first-order chi connectivity index (χ1) is 9.19. The SMILES string of the molecule is Cc1ccc(CC(C#N)C(=O)Nc2nccs2)cc1. The molecule has 0 saturated carbocycles. The minimum Gasteiger partial charge on any atom is -0.301 e. The number of nitrogens with zero attached hydrogens (tertiary/aromatic N) is 2. The molecule has 0 bridgehead atoms. The van der Waals surface area contributed by atoms with Crippen LogP contribution in [-0.2, 0) is 11.2 Å². The monoisotopic (exact) mass is 271 g/mol. The zero-order chi connectivity index (χ0) is 13.7. The van der Waals surface area contributed by atoms with E-state index < -0.39 is 5.92 Å². The van der Waals surface area contributed by atoms with Crippen molar-refractivity contribution in [1.82, 2.24) is 4.98 Å². The molecule has 96 valence electrons. The molecular weight excluding hydrogens is 258 g/mol. The Bertz CT molecular complexity index is 584. The summed E-state index contributed by atoms with van der Waals surface area (Å²) in [7, 11) is 0. The number of carbonyl (C=O) groups is 1. The lowest BCUT2D eigenvalue weighted by atomic mass is 9.99. The molecule has 4 nitrogen and oxygen atoms in total. The van der Waals surface area contributed by atoms with Gasteiger partial charge in [-0.2, -0.15) is 5.26 Å². The maximum absolute atomic E-state index is 11.9. The molecule has 1 amide bonds. The topological polar surface area (TPSA) is 65.8 Å². The second-order valence-corrected chi connectivity index (χ2v) is 5.09. The van der Waals surface area contributed by atoms with E-state index in [1.165, 1.54) is 11.3 Å². The van der Waals surface area contributed by atoms with Gasteiger partial charge in [0.2, 0.25) is 5.91 Å². The first-order valence-electron chi connectivity index (χ1n) is 5.84. The van der Waals surface area contributed by atoms with E-state index in [0.717, 1.165) is 11.1 Å². The molecule has 1 heterocycles. The van der Waals surface area contributed by atoms with Crippen molar-refractivity contribution in [2.75, 3.05) is 5.32 Å². The summed E-state index contributed by atoms with van der Waals surface area (Å²) in [6.45, 7) is 2.00. The summed E-state index contributed by atoms with van der Waals surface area (Å²) in [5.74, 6) is -1.01. The quantitative estimate of drug-likeness (QED) is 0.929. The zero-order valence-corrected chi connectivity index (χ0v) is 11.3. The molecule has 0 aliphatic rings. The Morgan fingerprint density at radius 3 is 2.79 bits per heavy atom. The number of aryl methyl sites for hydroxylation is 1. The van der Waals surface area contributed by atoms with Crippen LogP contribution < -0.4 is 5.32 Å². The Labute approximate surface area is 115 Å². The van der Waals surface area contributed by atoms with Crippen molar-refractivity contribution in [2.24, 2.45) is 5.92 Å². The lowest BCUT2D eigenvalue weighted by molar-refractivity contribution is -0.118. The summed E-state index contributed by atoms with van der Waals surface area (Å²) in [6.07, 6.45) is 2.02. The van der Waals surface area contributed by atoms with E-state index in [9.17, 15) is 4.79 Å². The van der Waals surface area contributed by atoms with Crippen LogP contribution in [0.5, 0.6) is 0 Å². The van der Waals surface area contributed by atoms with Gasteiger partial charge in [0.15, 0.2) is 5.13 Å². The highest BCUT2D eigenvalue weighted by atomic mass is 32.1. The van der Waals surface area contributed by atoms with Gasteiger partial charge in [-0.25, -0.2) is 4.98 Å². The molecule has 0 fully saturated rings. The van der Waals surface area contributed by atoms with Crippen molar-refractivity contribution in [3.05, 3.63) is 47.0 Å². The van der Waals surface area contributed by atoms with Gasteiger partial charge in [0.1, 0.15) is 5.92 Å². The van der Waals surface area contributed by atoms with Gasteiger partial charge >= 0.3 is 0 Å². The standard InChI is InChI=1S/C14H13N3OS/c1-10-2-4-11(5-3-10)8-12(9-15)13(18)17-14-16-6-7-19-14/h2-7,12H,8H2,1H3,(H,16,17,18). The van der Waals surface area contributed by atoms with Crippen LogP contribution in [0.1, 0.15) is 11.1 Å². The number of amides is 1. The maximum atomic E-state index is 11.9. The van der Waals surface area contributed by atoms with Crippen molar-refractivity contribution < 1.29 is 4.79 Å². The zero-order valence-electron chi connectivity index (χ0n) is 10.5. The van der Waals surface area contributed by atoms with Crippen LogP contribution in [0, 0.1) is 24.2 Å². The van der Waals surface area contributed by atoms with Gasteiger partial charge in [-0.05, 0) is 18.9 Å². The van der Waals surface area contributed by atoms with Gasteiger partial charge in [0.05, 0.1) is 6.07 Å². The minimum absolute atomic E-state index is 0.307. The number of carbonyl (C=O) groups excluding carboxylic acids is 1. The first-order valence-corrected chi connectivity index (χ1v) is 6.72. The fourth-order valence-corrected chi connectivity index (χ4v) is 2.17. The van der Waals surface area contributed by atoms with E-state index in [-0.39, 0.29) is 5.91 Å². The van der Waals surface area contributed by atoms with E-state index in [2.05, 4.69) is 10.3 Å². The smallest absolute Gasteiger partial charge is 0.243 e. The molecule has 0 spiro atoms. The van der Waals surface area contributed by atoms with Crippen LogP contribution in [0.2, 0.25) is 0 Å². The van der Waals surface area contributed by atoms with Crippen molar-refractivity contribution >= 4 is 22.4 Å². The molecule has 0 aliphatic carbocycles. The Morgan fingerprint density at radius 2 is 2.21 bits per heavy atom. The largest absolute Gasteiger partial charge is 0.301 e. The molecule has 2 aromatic rings. The van der Waals surface area contributed by atoms with Gasteiger partial charge < -0.3 is 5.32 Å². The Morgan fingerprint density at radius 1 is 1.47 bits per heavy atom. The summed E-state index contributed by atoms with van der Waals surface area (Å²) in [4.78, 5) is 15.9. The minimum atomic E-state index is -0.702. The predicted octanol–water partition coefficient (Wildman–Crippen LogP) is 2.77. The number of nitrogens with one attached hydrogen (secondary N) is 1. The van der Waals surface area contributed by atoms with E-state index in [0.29, 0.717) is 11.6 Å². The maximum Gasteiger partial charge on any atom is 0.243 e. The third-order valence-electron chi connectivity index (χ3n) is 2.70. The summed E-state index contributed by atoms with van der Waals surface area (Å²) >= 11 is 1.33. The highest BCUT2D eigenvalue weighted by molar-refractivity contribution is 7.13. The molecule has 1 aromatic carbocycles. The summed E-state index contributed by atoms with van der Waals surface area (Å²) < 4.78 is 0. The lowest BCUT2D eigenvalue weighted by Gasteiger charge is -2.08. The van der Waals surface area contributed by atoms with Crippen molar-refractivity contribution in [3.63, 3.8) is 0 Å². The molecule has 0 saturated heterocycles. The molecule has 0 radical (unpaired) electrons. The molecule has 0 aliphatic heterocycles. The fraction of sp³-hybridized carbons (Fsp3) is 0.214. The third kappa shape index (κ3) is 3.63.